The second kappa shape index (κ2) is 5.65. The fourth-order valence-electron chi connectivity index (χ4n) is 2.20. The Kier molecular flexibility index (Phi) is 3.70. The van der Waals surface area contributed by atoms with Crippen LogP contribution in [0.3, 0.4) is 0 Å². The van der Waals surface area contributed by atoms with Gasteiger partial charge in [0.05, 0.1) is 11.4 Å². The van der Waals surface area contributed by atoms with Gasteiger partial charge in [-0.1, -0.05) is 12.1 Å². The van der Waals surface area contributed by atoms with Gasteiger partial charge < -0.3 is 0 Å². The Morgan fingerprint density at radius 1 is 1.33 bits per heavy atom. The Balaban J connectivity index is 2.04. The van der Waals surface area contributed by atoms with Crippen LogP contribution in [-0.4, -0.2) is 29.2 Å². The summed E-state index contributed by atoms with van der Waals surface area (Å²) in [6.07, 6.45) is 3.43. The van der Waals surface area contributed by atoms with Gasteiger partial charge in [0.1, 0.15) is 0 Å². The van der Waals surface area contributed by atoms with Crippen LogP contribution in [0.25, 0.3) is 11.1 Å². The van der Waals surface area contributed by atoms with E-state index in [1.165, 1.54) is 11.8 Å². The van der Waals surface area contributed by atoms with Gasteiger partial charge in [0.15, 0.2) is 6.67 Å². The van der Waals surface area contributed by atoms with Crippen LogP contribution in [-0.2, 0) is 9.59 Å². The first-order valence-corrected chi connectivity index (χ1v) is 7.28. The van der Waals surface area contributed by atoms with Gasteiger partial charge in [-0.15, -0.1) is 11.8 Å². The lowest BCUT2D eigenvalue weighted by atomic mass is 10.1. The van der Waals surface area contributed by atoms with Crippen LogP contribution in [0.4, 0.5) is 10.1 Å². The first kappa shape index (κ1) is 13.8. The molecule has 1 aromatic carbocycles. The monoisotopic (exact) mass is 302 g/mol. The fourth-order valence-corrected chi connectivity index (χ4v) is 3.12. The topological polar surface area (TPSA) is 50.3 Å². The lowest BCUT2D eigenvalue weighted by Gasteiger charge is -2.26. The number of fused-ring (bicyclic) bond motifs is 1. The van der Waals surface area contributed by atoms with Crippen LogP contribution in [0.5, 0.6) is 0 Å². The van der Waals surface area contributed by atoms with E-state index in [1.807, 2.05) is 18.2 Å². The third-order valence-corrected chi connectivity index (χ3v) is 4.19. The van der Waals surface area contributed by atoms with Crippen LogP contribution >= 0.6 is 11.8 Å². The number of hydrogen-bond donors (Lipinski definition) is 0. The summed E-state index contributed by atoms with van der Waals surface area (Å²) in [7, 11) is 0. The average molecular weight is 302 g/mol. The van der Waals surface area contributed by atoms with Crippen molar-refractivity contribution in [2.75, 3.05) is 17.3 Å². The van der Waals surface area contributed by atoms with Crippen molar-refractivity contribution in [1.82, 2.24) is 4.98 Å². The van der Waals surface area contributed by atoms with Gasteiger partial charge >= 0.3 is 0 Å². The van der Waals surface area contributed by atoms with Crippen LogP contribution in [0, 0.1) is 0 Å². The number of aromatic nitrogens is 1. The molecule has 0 saturated heterocycles. The first-order chi connectivity index (χ1) is 10.2. The van der Waals surface area contributed by atoms with E-state index in [9.17, 15) is 14.0 Å². The van der Waals surface area contributed by atoms with E-state index in [1.54, 1.807) is 24.5 Å². The molecule has 0 bridgehead atoms. The van der Waals surface area contributed by atoms with Gasteiger partial charge in [0, 0.05) is 22.9 Å². The first-order valence-electron chi connectivity index (χ1n) is 6.29. The van der Waals surface area contributed by atoms with Crippen molar-refractivity contribution in [1.29, 1.82) is 0 Å². The third-order valence-electron chi connectivity index (χ3n) is 3.16. The highest BCUT2D eigenvalue weighted by Gasteiger charge is 2.30. The van der Waals surface area contributed by atoms with Gasteiger partial charge in [0.2, 0.25) is 5.91 Å². The van der Waals surface area contributed by atoms with Crippen LogP contribution < -0.4 is 4.90 Å². The number of benzene rings is 1. The molecule has 2 heterocycles. The van der Waals surface area contributed by atoms with Crippen LogP contribution in [0.15, 0.2) is 47.6 Å². The summed E-state index contributed by atoms with van der Waals surface area (Å²) in [5.41, 5.74) is 2.34. The number of anilines is 1. The van der Waals surface area contributed by atoms with Crippen molar-refractivity contribution >= 4 is 29.3 Å². The Hall–Kier alpha value is -2.21. The molecule has 3 rings (SSSR count). The summed E-state index contributed by atoms with van der Waals surface area (Å²) < 4.78 is 12.6. The summed E-state index contributed by atoms with van der Waals surface area (Å²) in [5.74, 6) is -1.07. The lowest BCUT2D eigenvalue weighted by molar-refractivity contribution is -0.125. The number of imide groups is 1. The quantitative estimate of drug-likeness (QED) is 0.856. The van der Waals surface area contributed by atoms with Gasteiger partial charge in [-0.2, -0.15) is 0 Å². The largest absolute Gasteiger partial charge is 0.273 e. The van der Waals surface area contributed by atoms with Gasteiger partial charge in [-0.25, -0.2) is 9.29 Å². The van der Waals surface area contributed by atoms with Gasteiger partial charge in [0.25, 0.3) is 5.91 Å². The molecule has 0 radical (unpaired) electrons. The molecule has 21 heavy (non-hydrogen) atoms. The number of pyridine rings is 1. The predicted octanol–water partition coefficient (Wildman–Crippen LogP) is 2.68. The minimum atomic E-state index is -1.18. The molecule has 1 aliphatic rings. The van der Waals surface area contributed by atoms with E-state index >= 15 is 0 Å². The summed E-state index contributed by atoms with van der Waals surface area (Å²) in [6.45, 7) is -1.18. The highest BCUT2D eigenvalue weighted by Crippen LogP contribution is 2.38. The number of halogens is 1. The number of carbonyl (C=O) groups is 2. The molecule has 0 atom stereocenters. The smallest absolute Gasteiger partial charge is 0.265 e. The highest BCUT2D eigenvalue weighted by atomic mass is 32.2. The van der Waals surface area contributed by atoms with Gasteiger partial charge in [-0.3, -0.25) is 14.6 Å². The molecule has 0 aliphatic carbocycles. The maximum atomic E-state index is 12.6. The second-order valence-corrected chi connectivity index (χ2v) is 5.49. The Labute approximate surface area is 125 Å². The Morgan fingerprint density at radius 2 is 2.19 bits per heavy atom. The molecule has 4 nitrogen and oxygen atoms in total. The summed E-state index contributed by atoms with van der Waals surface area (Å²) in [5, 5.41) is 0. The number of alkyl halides is 1. The number of thioether (sulfide) groups is 1. The van der Waals surface area contributed by atoms with Crippen LogP contribution in [0.2, 0.25) is 0 Å². The lowest BCUT2D eigenvalue weighted by Crippen LogP contribution is -2.41. The second-order valence-electron chi connectivity index (χ2n) is 4.47. The molecule has 1 aliphatic heterocycles. The average Bonchev–Trinajstić information content (AvgIpc) is 2.54. The van der Waals surface area contributed by atoms with E-state index in [2.05, 4.69) is 4.98 Å². The minimum Gasteiger partial charge on any atom is -0.273 e. The molecule has 0 spiro atoms. The zero-order valence-corrected chi connectivity index (χ0v) is 11.8. The predicted molar refractivity (Wildman–Crippen MR) is 78.9 cm³/mol. The summed E-state index contributed by atoms with van der Waals surface area (Å²) >= 11 is 1.35. The standard InChI is InChI=1S/C15H11FN2O2S/c16-7-14(19)18-12-4-3-10(11-2-1-5-17-8-11)6-13(12)21-9-15(18)20/h1-6,8H,7,9H2. The SMILES string of the molecule is O=C(CF)N1C(=O)CSc2cc(-c3cccnc3)ccc21. The zero-order chi connectivity index (χ0) is 14.8. The molecule has 1 aromatic heterocycles. The van der Waals surface area contributed by atoms with Crippen molar-refractivity contribution in [3.05, 3.63) is 42.7 Å². The minimum absolute atomic E-state index is 0.134. The zero-order valence-electron chi connectivity index (χ0n) is 11.0. The summed E-state index contributed by atoms with van der Waals surface area (Å²) in [6, 6.07) is 9.13. The number of amides is 2. The van der Waals surface area contributed by atoms with Crippen molar-refractivity contribution in [3.63, 3.8) is 0 Å². The van der Waals surface area contributed by atoms with Crippen molar-refractivity contribution in [2.24, 2.45) is 0 Å². The molecule has 2 aromatic rings. The van der Waals surface area contributed by atoms with Crippen LogP contribution in [0.1, 0.15) is 0 Å². The fraction of sp³-hybridized carbons (Fsp3) is 0.133. The van der Waals surface area contributed by atoms with E-state index in [-0.39, 0.29) is 11.7 Å². The Morgan fingerprint density at radius 3 is 2.90 bits per heavy atom. The third kappa shape index (κ3) is 2.54. The molecular formula is C15H11FN2O2S. The molecule has 0 N–H and O–H groups in total. The normalized spacial score (nSPS) is 14.0. The Bertz CT molecular complexity index is 706. The van der Waals surface area contributed by atoms with E-state index in [0.717, 1.165) is 20.9 Å². The highest BCUT2D eigenvalue weighted by molar-refractivity contribution is 8.00. The van der Waals surface area contributed by atoms with Crippen molar-refractivity contribution < 1.29 is 14.0 Å². The van der Waals surface area contributed by atoms with E-state index in [0.29, 0.717) is 5.69 Å². The van der Waals surface area contributed by atoms with E-state index < -0.39 is 12.6 Å². The molecule has 0 unspecified atom stereocenters. The summed E-state index contributed by atoms with van der Waals surface area (Å²) in [4.78, 5) is 29.2. The van der Waals surface area contributed by atoms with E-state index in [4.69, 9.17) is 0 Å². The molecule has 0 saturated carbocycles. The number of nitrogens with zero attached hydrogens (tertiary/aromatic N) is 2. The van der Waals surface area contributed by atoms with Crippen molar-refractivity contribution in [3.8, 4) is 11.1 Å². The van der Waals surface area contributed by atoms with Gasteiger partial charge in [-0.05, 0) is 23.8 Å². The number of carbonyl (C=O) groups excluding carboxylic acids is 2. The molecule has 106 valence electrons. The molecule has 2 amide bonds. The van der Waals surface area contributed by atoms with Crippen molar-refractivity contribution in [2.45, 2.75) is 4.90 Å². The number of hydrogen-bond acceptors (Lipinski definition) is 4. The maximum absolute atomic E-state index is 12.6. The molecule has 6 heteroatoms. The molecule has 0 fully saturated rings. The maximum Gasteiger partial charge on any atom is 0.265 e. The number of rotatable bonds is 2. The molecular weight excluding hydrogens is 291 g/mol.